The summed E-state index contributed by atoms with van der Waals surface area (Å²) >= 11 is 0. The number of pyridine rings is 2. The number of hydrogen-bond acceptors (Lipinski definition) is 5. The number of fused-ring (bicyclic) bond motifs is 13. The van der Waals surface area contributed by atoms with E-state index < -0.39 is 0 Å². The van der Waals surface area contributed by atoms with Crippen LogP contribution in [0.2, 0.25) is 0 Å². The Morgan fingerprint density at radius 1 is 0.229 bits per heavy atom. The molecular weight excluding hydrogens is 1170 g/mol. The molecule has 6 heteroatoms. The van der Waals surface area contributed by atoms with E-state index in [2.05, 4.69) is 338 Å². The molecular formula is C90H57N5O. The summed E-state index contributed by atoms with van der Waals surface area (Å²) in [4.78, 5) is 20.9. The first-order valence-corrected chi connectivity index (χ1v) is 32.5. The first kappa shape index (κ1) is 55.9. The fraction of sp³-hybridized carbons (Fsp3) is 0. The molecule has 6 nitrogen and oxygen atoms in total. The summed E-state index contributed by atoms with van der Waals surface area (Å²) in [6, 6.07) is 122. The summed E-state index contributed by atoms with van der Waals surface area (Å²) in [5.41, 5.74) is 22.3. The Labute approximate surface area is 554 Å². The van der Waals surface area contributed by atoms with Gasteiger partial charge in [-0.1, -0.05) is 285 Å². The summed E-state index contributed by atoms with van der Waals surface area (Å²) in [5, 5.41) is 11.5. The number of hydrogen-bond donors (Lipinski definition) is 0. The first-order chi connectivity index (χ1) is 47.6. The van der Waals surface area contributed by atoms with Crippen LogP contribution >= 0.6 is 0 Å². The van der Waals surface area contributed by atoms with Gasteiger partial charge in [0.05, 0.1) is 33.5 Å². The lowest BCUT2D eigenvalue weighted by molar-refractivity contribution is 0.623. The van der Waals surface area contributed by atoms with Crippen molar-refractivity contribution in [3.63, 3.8) is 0 Å². The van der Waals surface area contributed by atoms with Gasteiger partial charge in [0, 0.05) is 60.3 Å². The Kier molecular flexibility index (Phi) is 13.8. The molecule has 0 aliphatic heterocycles. The van der Waals surface area contributed by atoms with E-state index in [4.69, 9.17) is 24.4 Å². The summed E-state index contributed by atoms with van der Waals surface area (Å²) in [6.07, 6.45) is 0. The minimum Gasteiger partial charge on any atom is -0.435 e. The van der Waals surface area contributed by atoms with Crippen LogP contribution in [-0.2, 0) is 0 Å². The smallest absolute Gasteiger partial charge is 0.227 e. The van der Waals surface area contributed by atoms with Gasteiger partial charge in [-0.25, -0.2) is 19.9 Å². The first-order valence-electron chi connectivity index (χ1n) is 32.5. The zero-order chi connectivity index (χ0) is 63.5. The van der Waals surface area contributed by atoms with Crippen LogP contribution in [-0.4, -0.2) is 24.5 Å². The fourth-order valence-corrected chi connectivity index (χ4v) is 14.1. The van der Waals surface area contributed by atoms with Crippen molar-refractivity contribution in [2.24, 2.45) is 0 Å². The maximum Gasteiger partial charge on any atom is 0.227 e. The van der Waals surface area contributed by atoms with Crippen LogP contribution in [0.3, 0.4) is 0 Å². The number of nitrogens with zero attached hydrogens (tertiary/aromatic N) is 5. The highest BCUT2D eigenvalue weighted by molar-refractivity contribution is 6.23. The molecule has 0 unspecified atom stereocenters. The zero-order valence-corrected chi connectivity index (χ0v) is 52.1. The summed E-state index contributed by atoms with van der Waals surface area (Å²) in [6.45, 7) is 0. The predicted octanol–water partition coefficient (Wildman–Crippen LogP) is 23.9. The molecule has 0 saturated carbocycles. The average molecular weight is 1220 g/mol. The van der Waals surface area contributed by atoms with E-state index in [1.54, 1.807) is 0 Å². The third-order valence-corrected chi connectivity index (χ3v) is 18.7. The Morgan fingerprint density at radius 3 is 1.06 bits per heavy atom. The molecule has 0 saturated heterocycles. The number of rotatable bonds is 9. The van der Waals surface area contributed by atoms with Gasteiger partial charge in [0.1, 0.15) is 11.3 Å². The maximum atomic E-state index is 6.52. The van der Waals surface area contributed by atoms with Crippen LogP contribution in [0.4, 0.5) is 0 Å². The molecule has 19 aromatic rings. The molecule has 96 heavy (non-hydrogen) atoms. The van der Waals surface area contributed by atoms with Crippen LogP contribution in [0.25, 0.3) is 183 Å². The lowest BCUT2D eigenvalue weighted by atomic mass is 9.91. The van der Waals surface area contributed by atoms with Gasteiger partial charge in [0.15, 0.2) is 5.58 Å². The lowest BCUT2D eigenvalue weighted by Gasteiger charge is -2.16. The van der Waals surface area contributed by atoms with Crippen molar-refractivity contribution < 1.29 is 4.42 Å². The van der Waals surface area contributed by atoms with Crippen LogP contribution < -0.4 is 0 Å². The maximum absolute atomic E-state index is 6.52. The summed E-state index contributed by atoms with van der Waals surface area (Å²) in [5.74, 6) is 1.53. The Balaban J connectivity index is 0.000000140. The van der Waals surface area contributed by atoms with Gasteiger partial charge in [-0.2, -0.15) is 0 Å². The number of aromatic nitrogens is 5. The third kappa shape index (κ3) is 9.83. The molecule has 19 rings (SSSR count). The van der Waals surface area contributed by atoms with Crippen molar-refractivity contribution in [2.45, 2.75) is 0 Å². The quantitative estimate of drug-likeness (QED) is 0.135. The highest BCUT2D eigenvalue weighted by Gasteiger charge is 2.21. The van der Waals surface area contributed by atoms with Crippen LogP contribution in [0, 0.1) is 0 Å². The van der Waals surface area contributed by atoms with Crippen molar-refractivity contribution in [2.75, 3.05) is 0 Å². The van der Waals surface area contributed by atoms with Gasteiger partial charge in [0.25, 0.3) is 0 Å². The second kappa shape index (κ2) is 23.7. The van der Waals surface area contributed by atoms with Gasteiger partial charge >= 0.3 is 0 Å². The molecule has 4 heterocycles. The topological polar surface area (TPSA) is 69.6 Å². The number of oxazole rings is 1. The van der Waals surface area contributed by atoms with Crippen molar-refractivity contribution in [3.8, 4) is 95.6 Å². The van der Waals surface area contributed by atoms with Gasteiger partial charge in [-0.15, -0.1) is 0 Å². The molecule has 448 valence electrons. The summed E-state index contributed by atoms with van der Waals surface area (Å²) < 4.78 is 8.76. The van der Waals surface area contributed by atoms with E-state index in [0.717, 1.165) is 122 Å². The van der Waals surface area contributed by atoms with Crippen molar-refractivity contribution in [1.82, 2.24) is 24.5 Å². The highest BCUT2D eigenvalue weighted by Crippen LogP contribution is 2.44. The van der Waals surface area contributed by atoms with E-state index in [1.807, 2.05) is 12.1 Å². The monoisotopic (exact) mass is 1220 g/mol. The van der Waals surface area contributed by atoms with E-state index in [9.17, 15) is 0 Å². The number of benzene rings is 15. The predicted molar refractivity (Wildman–Crippen MR) is 399 cm³/mol. The van der Waals surface area contributed by atoms with Gasteiger partial charge in [-0.3, -0.25) is 4.57 Å². The lowest BCUT2D eigenvalue weighted by Crippen LogP contribution is -1.97. The molecule has 15 aromatic carbocycles. The standard InChI is InChI=1S/C46H28N2O.C44H29N3/c1-3-13-29(14-4-1)39-27-41-40(30-15-5-2-6-16-30)28-42(47-43(41)36-20-10-8-19-35(36)39)31-23-25-32(26-24-31)46-48-44-37-21-11-7-17-33(37)34-18-9-12-22-38(34)45(44)49-46;1-4-14-30(15-5-1)37-28-39-38(31-16-6-2-7-17-31)29-41(45-43(39)36-21-11-10-20-35(36)37)32-24-26-33(27-25-32)44-46-40-22-12-13-23-42(40)47(44)34-18-8-3-9-19-34/h1-28H;1-29H. The summed E-state index contributed by atoms with van der Waals surface area (Å²) in [7, 11) is 0. The van der Waals surface area contributed by atoms with Crippen LogP contribution in [0.15, 0.2) is 350 Å². The molecule has 0 aliphatic rings. The van der Waals surface area contributed by atoms with Crippen LogP contribution in [0.1, 0.15) is 0 Å². The highest BCUT2D eigenvalue weighted by atomic mass is 16.3. The zero-order valence-electron chi connectivity index (χ0n) is 52.1. The Bertz CT molecular complexity index is 6080. The van der Waals surface area contributed by atoms with Crippen molar-refractivity contribution in [3.05, 3.63) is 346 Å². The average Bonchev–Trinajstić information content (AvgIpc) is 0.789. The molecule has 0 radical (unpaired) electrons. The SMILES string of the molecule is c1ccc(-c2cc3c(-c4ccccc4)cc(-c4ccc(-c5nc6c7ccccc7c7ccccc7c6o5)cc4)nc3c3ccccc23)cc1.c1ccc(-c2cc3c(-c4ccccc4)cc(-c4ccc(-c5nc6ccccc6n5-c5ccccc5)cc4)nc3c3ccccc23)cc1. The minimum absolute atomic E-state index is 0.610. The fourth-order valence-electron chi connectivity index (χ4n) is 14.1. The Hall–Kier alpha value is -12.9. The Morgan fingerprint density at radius 2 is 0.583 bits per heavy atom. The molecule has 0 amide bonds. The minimum atomic E-state index is 0.610. The molecule has 4 aromatic heterocycles. The largest absolute Gasteiger partial charge is 0.435 e. The van der Waals surface area contributed by atoms with Crippen LogP contribution in [0.5, 0.6) is 0 Å². The molecule has 0 aliphatic carbocycles. The van der Waals surface area contributed by atoms with Gasteiger partial charge < -0.3 is 4.42 Å². The molecule has 0 atom stereocenters. The second-order valence-corrected chi connectivity index (χ2v) is 24.3. The molecule has 0 N–H and O–H groups in total. The van der Waals surface area contributed by atoms with E-state index >= 15 is 0 Å². The van der Waals surface area contributed by atoms with Crippen molar-refractivity contribution >= 4 is 87.0 Å². The number of imidazole rings is 1. The number of para-hydroxylation sites is 3. The molecule has 0 bridgehead atoms. The van der Waals surface area contributed by atoms with Gasteiger partial charge in [0.2, 0.25) is 5.89 Å². The van der Waals surface area contributed by atoms with Gasteiger partial charge in [-0.05, 0) is 127 Å². The third-order valence-electron chi connectivity index (χ3n) is 18.7. The second-order valence-electron chi connectivity index (χ2n) is 24.3. The molecule has 0 fully saturated rings. The van der Waals surface area contributed by atoms with E-state index in [0.29, 0.717) is 5.89 Å². The van der Waals surface area contributed by atoms with E-state index in [1.165, 1.54) is 54.9 Å². The van der Waals surface area contributed by atoms with E-state index in [-0.39, 0.29) is 0 Å². The van der Waals surface area contributed by atoms with Crippen molar-refractivity contribution in [1.29, 1.82) is 0 Å². The normalized spacial score (nSPS) is 11.5. The molecule has 0 spiro atoms.